The molecule has 17 heavy (non-hydrogen) atoms. The van der Waals surface area contributed by atoms with Gasteiger partial charge in [-0.2, -0.15) is 0 Å². The van der Waals surface area contributed by atoms with E-state index in [1.807, 2.05) is 6.08 Å². The minimum atomic E-state index is -1.12. The van der Waals surface area contributed by atoms with Crippen LogP contribution < -0.4 is 10.8 Å². The lowest BCUT2D eigenvalue weighted by Gasteiger charge is -2.36. The second-order valence-corrected chi connectivity index (χ2v) is 4.23. The standard InChI is InChI=1S/C12H19N3O2/c1-3-4-5-6-11-14-7-8-15(11,10(2)13)9-12(16)17/h3,7-8,10H,1,4-6,9,13H2,2H3. The number of hydrogen-bond donors (Lipinski definition) is 1. The summed E-state index contributed by atoms with van der Waals surface area (Å²) in [5.74, 6) is -0.337. The average Bonchev–Trinajstić information content (AvgIpc) is 2.62. The van der Waals surface area contributed by atoms with Gasteiger partial charge in [-0.1, -0.05) is 6.08 Å². The topological polar surface area (TPSA) is 78.5 Å². The van der Waals surface area contributed by atoms with Crippen LogP contribution in [0.4, 0.5) is 0 Å². The van der Waals surface area contributed by atoms with E-state index in [9.17, 15) is 9.90 Å². The Morgan fingerprint density at radius 3 is 3.00 bits per heavy atom. The highest BCUT2D eigenvalue weighted by molar-refractivity contribution is 5.81. The van der Waals surface area contributed by atoms with E-state index in [4.69, 9.17) is 5.73 Å². The molecule has 1 rings (SSSR count). The first-order valence-electron chi connectivity index (χ1n) is 5.71. The first-order valence-corrected chi connectivity index (χ1v) is 5.71. The van der Waals surface area contributed by atoms with Crippen molar-refractivity contribution in [1.82, 2.24) is 0 Å². The number of rotatable bonds is 7. The van der Waals surface area contributed by atoms with E-state index in [0.717, 1.165) is 18.7 Å². The fraction of sp³-hybridized carbons (Fsp3) is 0.500. The summed E-state index contributed by atoms with van der Waals surface area (Å²) >= 11 is 0. The summed E-state index contributed by atoms with van der Waals surface area (Å²) < 4.78 is 0.0689. The minimum Gasteiger partial charge on any atom is -0.544 e. The molecule has 0 spiro atoms. The van der Waals surface area contributed by atoms with Gasteiger partial charge in [0.2, 0.25) is 5.84 Å². The van der Waals surface area contributed by atoms with Crippen molar-refractivity contribution in [3.05, 3.63) is 25.1 Å². The third kappa shape index (κ3) is 3.01. The summed E-state index contributed by atoms with van der Waals surface area (Å²) in [6.07, 6.45) is 7.32. The number of carbonyl (C=O) groups excluding carboxylic acids is 1. The van der Waals surface area contributed by atoms with Gasteiger partial charge in [0, 0.05) is 13.3 Å². The molecular formula is C12H19N3O2. The number of allylic oxidation sites excluding steroid dienone is 1. The van der Waals surface area contributed by atoms with Gasteiger partial charge in [0.1, 0.15) is 18.9 Å². The molecule has 5 heteroatoms. The van der Waals surface area contributed by atoms with Crippen LogP contribution in [0.5, 0.6) is 0 Å². The molecule has 0 amide bonds. The van der Waals surface area contributed by atoms with Crippen LogP contribution in [0.2, 0.25) is 0 Å². The maximum absolute atomic E-state index is 10.9. The van der Waals surface area contributed by atoms with Crippen molar-refractivity contribution in [3.8, 4) is 0 Å². The predicted molar refractivity (Wildman–Crippen MR) is 64.4 cm³/mol. The highest BCUT2D eigenvalue weighted by Crippen LogP contribution is 2.22. The Hall–Kier alpha value is -1.46. The summed E-state index contributed by atoms with van der Waals surface area (Å²) in [7, 11) is 0. The fourth-order valence-corrected chi connectivity index (χ4v) is 1.98. The molecule has 94 valence electrons. The monoisotopic (exact) mass is 237 g/mol. The maximum atomic E-state index is 10.9. The molecule has 0 aliphatic carbocycles. The molecule has 2 N–H and O–H groups in total. The summed E-state index contributed by atoms with van der Waals surface area (Å²) in [4.78, 5) is 15.1. The van der Waals surface area contributed by atoms with E-state index in [1.54, 1.807) is 19.3 Å². The van der Waals surface area contributed by atoms with Gasteiger partial charge in [0.05, 0.1) is 12.2 Å². The maximum Gasteiger partial charge on any atom is 0.209 e. The molecule has 0 aromatic rings. The van der Waals surface area contributed by atoms with Crippen LogP contribution in [0.3, 0.4) is 0 Å². The molecule has 0 radical (unpaired) electrons. The highest BCUT2D eigenvalue weighted by Gasteiger charge is 2.38. The van der Waals surface area contributed by atoms with Gasteiger partial charge >= 0.3 is 0 Å². The van der Waals surface area contributed by atoms with Crippen LogP contribution in [0, 0.1) is 0 Å². The number of aliphatic carboxylic acids is 1. The van der Waals surface area contributed by atoms with Crippen LogP contribution in [0.1, 0.15) is 26.2 Å². The first kappa shape index (κ1) is 13.6. The summed E-state index contributed by atoms with van der Waals surface area (Å²) in [5.41, 5.74) is 5.90. The summed E-state index contributed by atoms with van der Waals surface area (Å²) in [6.45, 7) is 5.27. The van der Waals surface area contributed by atoms with E-state index in [2.05, 4.69) is 11.6 Å². The summed E-state index contributed by atoms with van der Waals surface area (Å²) in [5, 5.41) is 10.9. The number of carboxylic acid groups (broad SMARTS) is 1. The fourth-order valence-electron chi connectivity index (χ4n) is 1.98. The second-order valence-electron chi connectivity index (χ2n) is 4.23. The lowest BCUT2D eigenvalue weighted by Crippen LogP contribution is -2.60. The molecule has 1 aliphatic heterocycles. The Morgan fingerprint density at radius 1 is 1.76 bits per heavy atom. The Labute approximate surface area is 102 Å². The molecule has 0 aromatic heterocycles. The van der Waals surface area contributed by atoms with Crippen LogP contribution in [0.15, 0.2) is 30.0 Å². The molecule has 1 heterocycles. The number of carbonyl (C=O) groups is 1. The number of nitrogens with two attached hydrogens (primary N) is 1. The van der Waals surface area contributed by atoms with Crippen molar-refractivity contribution < 1.29 is 14.4 Å². The van der Waals surface area contributed by atoms with E-state index >= 15 is 0 Å². The zero-order valence-corrected chi connectivity index (χ0v) is 10.1. The predicted octanol–water partition coefficient (Wildman–Crippen LogP) is 0.0974. The van der Waals surface area contributed by atoms with Gasteiger partial charge in [-0.25, -0.2) is 9.48 Å². The molecule has 1 aliphatic rings. The highest BCUT2D eigenvalue weighted by atomic mass is 16.4. The molecule has 0 saturated heterocycles. The minimum absolute atomic E-state index is 0.0689. The number of aliphatic imine (C=N–C) groups is 1. The van der Waals surface area contributed by atoms with Crippen LogP contribution in [-0.2, 0) is 4.79 Å². The van der Waals surface area contributed by atoms with Crippen molar-refractivity contribution in [2.24, 2.45) is 10.7 Å². The van der Waals surface area contributed by atoms with Gasteiger partial charge < -0.3 is 9.90 Å². The van der Waals surface area contributed by atoms with Crippen molar-refractivity contribution in [3.63, 3.8) is 0 Å². The van der Waals surface area contributed by atoms with E-state index in [-0.39, 0.29) is 17.2 Å². The van der Waals surface area contributed by atoms with Crippen molar-refractivity contribution in [2.45, 2.75) is 32.4 Å². The molecule has 0 bridgehead atoms. The molecular weight excluding hydrogens is 218 g/mol. The normalized spacial score (nSPS) is 24.5. The van der Waals surface area contributed by atoms with Crippen LogP contribution in [0.25, 0.3) is 0 Å². The van der Waals surface area contributed by atoms with Crippen molar-refractivity contribution in [2.75, 3.05) is 6.54 Å². The van der Waals surface area contributed by atoms with Gasteiger partial charge in [0.15, 0.2) is 0 Å². The zero-order chi connectivity index (χ0) is 12.9. The van der Waals surface area contributed by atoms with E-state index < -0.39 is 5.97 Å². The summed E-state index contributed by atoms with van der Waals surface area (Å²) in [6, 6.07) is 0. The quantitative estimate of drug-likeness (QED) is 0.387. The second kappa shape index (κ2) is 5.75. The number of quaternary nitrogens is 1. The molecule has 0 aromatic carbocycles. The lowest BCUT2D eigenvalue weighted by molar-refractivity contribution is -0.808. The SMILES string of the molecule is C=CCCCC1=NC=C[N+]1(CC(=O)[O-])C(C)N. The third-order valence-electron chi connectivity index (χ3n) is 2.96. The average molecular weight is 237 g/mol. The Balaban J connectivity index is 2.81. The molecule has 2 unspecified atom stereocenters. The Morgan fingerprint density at radius 2 is 2.47 bits per heavy atom. The zero-order valence-electron chi connectivity index (χ0n) is 10.1. The molecule has 5 nitrogen and oxygen atoms in total. The number of carboxylic acids is 1. The number of hydrogen-bond acceptors (Lipinski definition) is 4. The third-order valence-corrected chi connectivity index (χ3v) is 2.96. The lowest BCUT2D eigenvalue weighted by atomic mass is 10.1. The van der Waals surface area contributed by atoms with Gasteiger partial charge in [-0.3, -0.25) is 5.73 Å². The Kier molecular flexibility index (Phi) is 4.60. The van der Waals surface area contributed by atoms with Crippen LogP contribution >= 0.6 is 0 Å². The largest absolute Gasteiger partial charge is 0.544 e. The Bertz CT molecular complexity index is 361. The van der Waals surface area contributed by atoms with E-state index in [0.29, 0.717) is 6.42 Å². The van der Waals surface area contributed by atoms with Gasteiger partial charge in [-0.05, 0) is 12.8 Å². The number of nitrogens with zero attached hydrogens (tertiary/aromatic N) is 2. The van der Waals surface area contributed by atoms with Crippen LogP contribution in [-0.4, -0.2) is 29.0 Å². The first-order chi connectivity index (χ1) is 8.03. The molecule has 0 fully saturated rings. The number of unbranched alkanes of at least 4 members (excludes halogenated alkanes) is 1. The molecule has 0 saturated carbocycles. The van der Waals surface area contributed by atoms with Gasteiger partial charge in [-0.15, -0.1) is 6.58 Å². The van der Waals surface area contributed by atoms with Crippen molar-refractivity contribution in [1.29, 1.82) is 0 Å². The van der Waals surface area contributed by atoms with E-state index in [1.165, 1.54) is 0 Å². The van der Waals surface area contributed by atoms with Gasteiger partial charge in [0.25, 0.3) is 0 Å². The smallest absolute Gasteiger partial charge is 0.209 e. The van der Waals surface area contributed by atoms with Crippen molar-refractivity contribution >= 4 is 11.8 Å². The molecule has 2 atom stereocenters. The number of amidine groups is 1.